The Morgan fingerprint density at radius 2 is 2.00 bits per heavy atom. The lowest BCUT2D eigenvalue weighted by molar-refractivity contribution is -0.138. The number of ether oxygens (including phenoxy) is 1. The molecule has 1 aromatic carbocycles. The van der Waals surface area contributed by atoms with Gasteiger partial charge in [-0.2, -0.15) is 0 Å². The number of carbonyl (C=O) groups is 1. The Bertz CT molecular complexity index is 395. The summed E-state index contributed by atoms with van der Waals surface area (Å²) in [6, 6.07) is -0.0157. The highest BCUT2D eigenvalue weighted by atomic mass is 19.1. The van der Waals surface area contributed by atoms with Crippen molar-refractivity contribution in [1.29, 1.82) is 0 Å². The van der Waals surface area contributed by atoms with Gasteiger partial charge in [0, 0.05) is 0 Å². The molecule has 3 N–H and O–H groups in total. The zero-order valence-corrected chi connectivity index (χ0v) is 7.83. The minimum atomic E-state index is -1.66. The first-order valence-corrected chi connectivity index (χ1v) is 3.99. The Balaban J connectivity index is 3.37. The molecule has 0 aliphatic heterocycles. The Kier molecular flexibility index (Phi) is 3.21. The topological polar surface area (TPSA) is 72.5 Å². The zero-order chi connectivity index (χ0) is 11.6. The highest BCUT2D eigenvalue weighted by molar-refractivity contribution is 5.76. The second-order valence-electron chi connectivity index (χ2n) is 2.79. The maximum absolute atomic E-state index is 13.2. The number of rotatable bonds is 3. The quantitative estimate of drug-likeness (QED) is 0.793. The number of carboxylic acids is 1. The van der Waals surface area contributed by atoms with Crippen LogP contribution in [0.5, 0.6) is 5.75 Å². The fourth-order valence-corrected chi connectivity index (χ4v) is 1.17. The van der Waals surface area contributed by atoms with E-state index in [1.165, 1.54) is 0 Å². The number of carboxylic acid groups (broad SMARTS) is 1. The Morgan fingerprint density at radius 1 is 1.47 bits per heavy atom. The molecule has 1 atom stereocenters. The van der Waals surface area contributed by atoms with E-state index in [2.05, 4.69) is 4.74 Å². The van der Waals surface area contributed by atoms with Crippen LogP contribution in [0.15, 0.2) is 12.1 Å². The van der Waals surface area contributed by atoms with Crippen LogP contribution in [0.25, 0.3) is 0 Å². The molecule has 15 heavy (non-hydrogen) atoms. The molecule has 0 heterocycles. The van der Waals surface area contributed by atoms with Crippen molar-refractivity contribution in [3.05, 3.63) is 29.3 Å². The van der Waals surface area contributed by atoms with Crippen molar-refractivity contribution in [2.75, 3.05) is 7.11 Å². The van der Waals surface area contributed by atoms with Crippen molar-refractivity contribution in [1.82, 2.24) is 0 Å². The summed E-state index contributed by atoms with van der Waals surface area (Å²) in [6.07, 6.45) is 0. The Hall–Kier alpha value is -1.69. The van der Waals surface area contributed by atoms with Crippen molar-refractivity contribution in [2.45, 2.75) is 6.04 Å². The molecule has 0 aliphatic carbocycles. The first kappa shape index (κ1) is 11.4. The molecule has 0 saturated carbocycles. The molecule has 0 aliphatic rings. The minimum absolute atomic E-state index is 0.482. The van der Waals surface area contributed by atoms with Gasteiger partial charge in [-0.25, -0.2) is 8.78 Å². The third kappa shape index (κ3) is 2.04. The summed E-state index contributed by atoms with van der Waals surface area (Å²) in [5, 5.41) is 8.60. The normalized spacial score (nSPS) is 12.3. The molecule has 0 saturated heterocycles. The van der Waals surface area contributed by atoms with Crippen molar-refractivity contribution < 1.29 is 23.4 Å². The molecule has 82 valence electrons. The molecule has 1 unspecified atom stereocenters. The monoisotopic (exact) mass is 217 g/mol. The summed E-state index contributed by atoms with van der Waals surface area (Å²) < 4.78 is 30.9. The summed E-state index contributed by atoms with van der Waals surface area (Å²) in [6.45, 7) is 0. The first-order valence-electron chi connectivity index (χ1n) is 3.99. The van der Waals surface area contributed by atoms with Gasteiger partial charge in [0.05, 0.1) is 12.7 Å². The fourth-order valence-electron chi connectivity index (χ4n) is 1.17. The maximum Gasteiger partial charge on any atom is 0.325 e. The van der Waals surface area contributed by atoms with Crippen LogP contribution in [0.4, 0.5) is 8.78 Å². The number of methoxy groups -OCH3 is 1. The van der Waals surface area contributed by atoms with Crippen molar-refractivity contribution in [2.24, 2.45) is 5.73 Å². The largest absolute Gasteiger partial charge is 0.493 e. The molecule has 0 fully saturated rings. The van der Waals surface area contributed by atoms with E-state index in [4.69, 9.17) is 10.8 Å². The SMILES string of the molecule is COc1c(F)ccc(F)c1C(N)C(=O)O. The van der Waals surface area contributed by atoms with E-state index < -0.39 is 35.0 Å². The number of hydrogen-bond acceptors (Lipinski definition) is 3. The molecule has 0 aromatic heterocycles. The van der Waals surface area contributed by atoms with Crippen molar-refractivity contribution >= 4 is 5.97 Å². The summed E-state index contributed by atoms with van der Waals surface area (Å²) in [5.41, 5.74) is 4.70. The van der Waals surface area contributed by atoms with Crippen LogP contribution in [0, 0.1) is 11.6 Å². The van der Waals surface area contributed by atoms with Crippen LogP contribution in [-0.2, 0) is 4.79 Å². The molecular formula is C9H9F2NO3. The van der Waals surface area contributed by atoms with Crippen LogP contribution in [0.1, 0.15) is 11.6 Å². The zero-order valence-electron chi connectivity index (χ0n) is 7.83. The van der Waals surface area contributed by atoms with Gasteiger partial charge >= 0.3 is 5.97 Å². The molecule has 1 rings (SSSR count). The maximum atomic E-state index is 13.2. The van der Waals surface area contributed by atoms with Crippen LogP contribution in [-0.4, -0.2) is 18.2 Å². The molecule has 0 bridgehead atoms. The number of benzene rings is 1. The predicted octanol–water partition coefficient (Wildman–Crippen LogP) is 1.06. The van der Waals surface area contributed by atoms with E-state index in [0.29, 0.717) is 0 Å². The van der Waals surface area contributed by atoms with E-state index in [9.17, 15) is 13.6 Å². The summed E-state index contributed by atoms with van der Waals surface area (Å²) in [5.74, 6) is -3.71. The van der Waals surface area contributed by atoms with E-state index in [0.717, 1.165) is 19.2 Å². The van der Waals surface area contributed by atoms with Gasteiger partial charge in [0.2, 0.25) is 0 Å². The smallest absolute Gasteiger partial charge is 0.325 e. The predicted molar refractivity (Wildman–Crippen MR) is 47.5 cm³/mol. The number of nitrogens with two attached hydrogens (primary N) is 1. The number of hydrogen-bond donors (Lipinski definition) is 2. The highest BCUT2D eigenvalue weighted by Gasteiger charge is 2.25. The standard InChI is InChI=1S/C9H9F2NO3/c1-15-8-5(11)3-2-4(10)6(8)7(12)9(13)14/h2-3,7H,12H2,1H3,(H,13,14). The van der Waals surface area contributed by atoms with Crippen LogP contribution >= 0.6 is 0 Å². The lowest BCUT2D eigenvalue weighted by Crippen LogP contribution is -2.23. The van der Waals surface area contributed by atoms with E-state index in [-0.39, 0.29) is 0 Å². The number of halogens is 2. The van der Waals surface area contributed by atoms with Crippen LogP contribution < -0.4 is 10.5 Å². The summed E-state index contributed by atoms with van der Waals surface area (Å²) in [7, 11) is 1.11. The lowest BCUT2D eigenvalue weighted by Gasteiger charge is -2.13. The third-order valence-electron chi connectivity index (χ3n) is 1.88. The molecular weight excluding hydrogens is 208 g/mol. The average Bonchev–Trinajstić information content (AvgIpc) is 2.19. The molecule has 1 aromatic rings. The summed E-state index contributed by atoms with van der Waals surface area (Å²) >= 11 is 0. The Morgan fingerprint density at radius 3 is 2.47 bits per heavy atom. The third-order valence-corrected chi connectivity index (χ3v) is 1.88. The lowest BCUT2D eigenvalue weighted by atomic mass is 10.1. The van der Waals surface area contributed by atoms with Gasteiger partial charge in [-0.3, -0.25) is 4.79 Å². The average molecular weight is 217 g/mol. The van der Waals surface area contributed by atoms with E-state index in [1.807, 2.05) is 0 Å². The molecule has 0 amide bonds. The van der Waals surface area contributed by atoms with Gasteiger partial charge in [-0.15, -0.1) is 0 Å². The minimum Gasteiger partial charge on any atom is -0.493 e. The van der Waals surface area contributed by atoms with E-state index in [1.54, 1.807) is 0 Å². The highest BCUT2D eigenvalue weighted by Crippen LogP contribution is 2.29. The van der Waals surface area contributed by atoms with Crippen LogP contribution in [0.3, 0.4) is 0 Å². The van der Waals surface area contributed by atoms with Gasteiger partial charge in [0.1, 0.15) is 11.9 Å². The summed E-state index contributed by atoms with van der Waals surface area (Å²) in [4.78, 5) is 10.6. The van der Waals surface area contributed by atoms with Crippen molar-refractivity contribution in [3.63, 3.8) is 0 Å². The van der Waals surface area contributed by atoms with Gasteiger partial charge in [-0.1, -0.05) is 0 Å². The second kappa shape index (κ2) is 4.22. The van der Waals surface area contributed by atoms with Crippen molar-refractivity contribution in [3.8, 4) is 5.75 Å². The molecule has 4 nitrogen and oxygen atoms in total. The van der Waals surface area contributed by atoms with Gasteiger partial charge < -0.3 is 15.6 Å². The molecule has 0 radical (unpaired) electrons. The van der Waals surface area contributed by atoms with Gasteiger partial charge in [0.25, 0.3) is 0 Å². The first-order chi connectivity index (χ1) is 6.99. The molecule has 6 heteroatoms. The van der Waals surface area contributed by atoms with Gasteiger partial charge in [-0.05, 0) is 12.1 Å². The molecule has 0 spiro atoms. The van der Waals surface area contributed by atoms with Crippen LogP contribution in [0.2, 0.25) is 0 Å². The second-order valence-corrected chi connectivity index (χ2v) is 2.79. The Labute approximate surface area is 84.3 Å². The fraction of sp³-hybridized carbons (Fsp3) is 0.222. The van der Waals surface area contributed by atoms with Gasteiger partial charge in [0.15, 0.2) is 11.6 Å². The van der Waals surface area contributed by atoms with E-state index >= 15 is 0 Å². The number of aliphatic carboxylic acids is 1.